The second-order valence-electron chi connectivity index (χ2n) is 11.7. The highest BCUT2D eigenvalue weighted by atomic mass is 19.1. The van der Waals surface area contributed by atoms with Crippen molar-refractivity contribution in [3.63, 3.8) is 0 Å². The van der Waals surface area contributed by atoms with E-state index < -0.39 is 59.4 Å². The fourth-order valence-electron chi connectivity index (χ4n) is 5.00. The molecule has 1 aliphatic rings. The molecular formula is C35H40FN5O6. The molecule has 0 aromatic heterocycles. The summed E-state index contributed by atoms with van der Waals surface area (Å²) in [5.74, 6) is -3.19. The third-order valence-corrected chi connectivity index (χ3v) is 7.60. The standard InChI is InChI=1S/C35H40FN5O6/c1-35(2)34(46)40-27(21-23-11-4-3-5-12-23)32(44)37-18-10-20-47-29-16-9-7-14-25(29)31(43)39-28(22-30(42)41-35)33(45)38-19-17-24-13-6-8-15-26(24)36/h3-9,11-16,27-28H,10,17-22H2,1-2H3,(H,37,44)(H,38,45)(H,39,43)(H,40,46)(H,41,42)/t27-,28-/m0/s1. The lowest BCUT2D eigenvalue weighted by Crippen LogP contribution is -2.60. The minimum atomic E-state index is -1.49. The van der Waals surface area contributed by atoms with Gasteiger partial charge in [-0.15, -0.1) is 0 Å². The molecule has 0 spiro atoms. The summed E-state index contributed by atoms with van der Waals surface area (Å²) in [4.78, 5) is 66.7. The summed E-state index contributed by atoms with van der Waals surface area (Å²) in [5.41, 5.74) is -0.118. The molecule has 5 N–H and O–H groups in total. The zero-order chi connectivity index (χ0) is 33.8. The van der Waals surface area contributed by atoms with Gasteiger partial charge in [-0.2, -0.15) is 0 Å². The lowest BCUT2D eigenvalue weighted by molar-refractivity contribution is -0.135. The molecule has 12 heteroatoms. The summed E-state index contributed by atoms with van der Waals surface area (Å²) in [6.07, 6.45) is 0.299. The summed E-state index contributed by atoms with van der Waals surface area (Å²) >= 11 is 0. The molecular weight excluding hydrogens is 605 g/mol. The summed E-state index contributed by atoms with van der Waals surface area (Å²) in [6.45, 7) is 3.41. The van der Waals surface area contributed by atoms with Gasteiger partial charge in [-0.05, 0) is 56.0 Å². The third kappa shape index (κ3) is 10.1. The van der Waals surface area contributed by atoms with Gasteiger partial charge in [0, 0.05) is 19.5 Å². The molecule has 4 rings (SSSR count). The van der Waals surface area contributed by atoms with Gasteiger partial charge in [0.15, 0.2) is 0 Å². The topological polar surface area (TPSA) is 155 Å². The van der Waals surface area contributed by atoms with Gasteiger partial charge in [-0.25, -0.2) is 4.39 Å². The highest BCUT2D eigenvalue weighted by Gasteiger charge is 2.35. The monoisotopic (exact) mass is 645 g/mol. The van der Waals surface area contributed by atoms with Gasteiger partial charge in [0.1, 0.15) is 29.2 Å². The van der Waals surface area contributed by atoms with Crippen LogP contribution in [0.3, 0.4) is 0 Å². The Morgan fingerprint density at radius 2 is 1.64 bits per heavy atom. The van der Waals surface area contributed by atoms with Crippen molar-refractivity contribution in [1.29, 1.82) is 0 Å². The molecule has 0 radical (unpaired) electrons. The quantitative estimate of drug-likeness (QED) is 0.277. The normalized spacial score (nSPS) is 19.3. The molecule has 248 valence electrons. The first-order chi connectivity index (χ1) is 22.5. The van der Waals surface area contributed by atoms with E-state index in [4.69, 9.17) is 4.74 Å². The fraction of sp³-hybridized carbons (Fsp3) is 0.343. The van der Waals surface area contributed by atoms with Crippen LogP contribution in [-0.2, 0) is 32.0 Å². The number of halogens is 1. The van der Waals surface area contributed by atoms with Crippen LogP contribution in [0.4, 0.5) is 4.39 Å². The zero-order valence-corrected chi connectivity index (χ0v) is 26.4. The van der Waals surface area contributed by atoms with Crippen molar-refractivity contribution in [3.05, 3.63) is 101 Å². The summed E-state index contributed by atoms with van der Waals surface area (Å²) in [7, 11) is 0. The first-order valence-corrected chi connectivity index (χ1v) is 15.5. The number of fused-ring (bicyclic) bond motifs is 1. The molecule has 3 aromatic carbocycles. The van der Waals surface area contributed by atoms with E-state index in [0.717, 1.165) is 5.56 Å². The Balaban J connectivity index is 1.56. The number of rotatable bonds is 6. The van der Waals surface area contributed by atoms with Gasteiger partial charge >= 0.3 is 0 Å². The smallest absolute Gasteiger partial charge is 0.255 e. The molecule has 0 saturated heterocycles. The van der Waals surface area contributed by atoms with Gasteiger partial charge in [0.2, 0.25) is 23.6 Å². The number of benzene rings is 3. The molecule has 0 saturated carbocycles. The van der Waals surface area contributed by atoms with Crippen LogP contribution in [0.5, 0.6) is 5.75 Å². The summed E-state index contributed by atoms with van der Waals surface area (Å²) in [6, 6.07) is 19.6. The second-order valence-corrected chi connectivity index (χ2v) is 11.7. The molecule has 0 bridgehead atoms. The molecule has 11 nitrogen and oxygen atoms in total. The van der Waals surface area contributed by atoms with Gasteiger partial charge in [0.05, 0.1) is 18.6 Å². The molecule has 2 atom stereocenters. The van der Waals surface area contributed by atoms with Crippen molar-refractivity contribution in [2.75, 3.05) is 19.7 Å². The van der Waals surface area contributed by atoms with Crippen molar-refractivity contribution in [2.24, 2.45) is 0 Å². The molecule has 0 unspecified atom stereocenters. The van der Waals surface area contributed by atoms with Crippen LogP contribution in [0, 0.1) is 5.82 Å². The predicted molar refractivity (Wildman–Crippen MR) is 173 cm³/mol. The Kier molecular flexibility index (Phi) is 12.0. The van der Waals surface area contributed by atoms with Crippen LogP contribution in [-0.4, -0.2) is 66.9 Å². The van der Waals surface area contributed by atoms with E-state index >= 15 is 0 Å². The Morgan fingerprint density at radius 3 is 2.40 bits per heavy atom. The average molecular weight is 646 g/mol. The summed E-state index contributed by atoms with van der Waals surface area (Å²) < 4.78 is 20.0. The van der Waals surface area contributed by atoms with Gasteiger partial charge < -0.3 is 31.3 Å². The maximum absolute atomic E-state index is 14.1. The molecule has 0 fully saturated rings. The van der Waals surface area contributed by atoms with Crippen molar-refractivity contribution in [1.82, 2.24) is 26.6 Å². The first kappa shape index (κ1) is 34.6. The maximum atomic E-state index is 14.1. The third-order valence-electron chi connectivity index (χ3n) is 7.60. The first-order valence-electron chi connectivity index (χ1n) is 15.5. The van der Waals surface area contributed by atoms with Crippen molar-refractivity contribution in [3.8, 4) is 5.75 Å². The number of hydrogen-bond donors (Lipinski definition) is 5. The van der Waals surface area contributed by atoms with Gasteiger partial charge in [0.25, 0.3) is 5.91 Å². The number of nitrogens with one attached hydrogen (secondary N) is 5. The minimum absolute atomic E-state index is 0.0478. The van der Waals surface area contributed by atoms with Gasteiger partial charge in [-0.1, -0.05) is 60.7 Å². The van der Waals surface area contributed by atoms with Crippen LogP contribution in [0.1, 0.15) is 48.2 Å². The molecule has 1 heterocycles. The number of amides is 5. The second kappa shape index (κ2) is 16.3. The minimum Gasteiger partial charge on any atom is -0.493 e. The van der Waals surface area contributed by atoms with E-state index in [0.29, 0.717) is 12.0 Å². The number of carbonyl (C=O) groups is 5. The molecule has 5 amide bonds. The van der Waals surface area contributed by atoms with E-state index in [1.807, 2.05) is 30.3 Å². The highest BCUT2D eigenvalue weighted by molar-refractivity contribution is 6.01. The highest BCUT2D eigenvalue weighted by Crippen LogP contribution is 2.19. The van der Waals surface area contributed by atoms with Gasteiger partial charge in [-0.3, -0.25) is 24.0 Å². The van der Waals surface area contributed by atoms with E-state index in [2.05, 4.69) is 26.6 Å². The SMILES string of the molecule is CC1(C)NC(=O)C[C@@H](C(=O)NCCc2ccccc2F)NC(=O)c2ccccc2OCCCNC(=O)[C@H](Cc2ccccc2)NC1=O. The van der Waals surface area contributed by atoms with Crippen LogP contribution in [0.15, 0.2) is 78.9 Å². The fourth-order valence-corrected chi connectivity index (χ4v) is 5.00. The van der Waals surface area contributed by atoms with Crippen LogP contribution >= 0.6 is 0 Å². The Labute approximate surface area is 273 Å². The van der Waals surface area contributed by atoms with Crippen LogP contribution < -0.4 is 31.3 Å². The molecule has 0 aliphatic carbocycles. The zero-order valence-electron chi connectivity index (χ0n) is 26.4. The van der Waals surface area contributed by atoms with Crippen molar-refractivity contribution >= 4 is 29.5 Å². The maximum Gasteiger partial charge on any atom is 0.255 e. The number of carbonyl (C=O) groups excluding carboxylic acids is 5. The number of para-hydroxylation sites is 1. The summed E-state index contributed by atoms with van der Waals surface area (Å²) in [5, 5.41) is 13.5. The molecule has 1 aliphatic heterocycles. The van der Waals surface area contributed by atoms with Crippen molar-refractivity contribution in [2.45, 2.75) is 57.2 Å². The Hall–Kier alpha value is -5.26. The van der Waals surface area contributed by atoms with E-state index in [-0.39, 0.29) is 43.9 Å². The van der Waals surface area contributed by atoms with E-state index in [1.54, 1.807) is 36.4 Å². The van der Waals surface area contributed by atoms with Crippen molar-refractivity contribution < 1.29 is 33.1 Å². The lowest BCUT2D eigenvalue weighted by atomic mass is 10.00. The lowest BCUT2D eigenvalue weighted by Gasteiger charge is -2.29. The predicted octanol–water partition coefficient (Wildman–Crippen LogP) is 2.19. The van der Waals surface area contributed by atoms with E-state index in [9.17, 15) is 28.4 Å². The number of hydrogen-bond acceptors (Lipinski definition) is 6. The van der Waals surface area contributed by atoms with Crippen LogP contribution in [0.25, 0.3) is 0 Å². The Morgan fingerprint density at radius 1 is 0.936 bits per heavy atom. The van der Waals surface area contributed by atoms with Crippen LogP contribution in [0.2, 0.25) is 0 Å². The largest absolute Gasteiger partial charge is 0.493 e. The van der Waals surface area contributed by atoms with E-state index in [1.165, 1.54) is 26.0 Å². The Bertz CT molecular complexity index is 1580. The molecule has 47 heavy (non-hydrogen) atoms. The number of ether oxygens (including phenoxy) is 1. The molecule has 3 aromatic rings. The average Bonchev–Trinajstić information content (AvgIpc) is 3.04.